The molecule has 4 N–H and O–H groups in total. The first-order valence-corrected chi connectivity index (χ1v) is 6.61. The van der Waals surface area contributed by atoms with Crippen molar-refractivity contribution in [2.45, 2.75) is 18.9 Å². The highest BCUT2D eigenvalue weighted by atomic mass is 79.9. The van der Waals surface area contributed by atoms with E-state index in [1.165, 1.54) is 0 Å². The maximum absolute atomic E-state index is 9.72. The second kappa shape index (κ2) is 5.58. The number of hydrogen-bond acceptors (Lipinski definition) is 4. The Morgan fingerprint density at radius 2 is 2.28 bits per heavy atom. The third kappa shape index (κ3) is 2.76. The Morgan fingerprint density at radius 3 is 2.94 bits per heavy atom. The molecule has 2 rings (SSSR count). The van der Waals surface area contributed by atoms with Crippen molar-refractivity contribution in [1.29, 1.82) is 0 Å². The molecular weight excluding hydrogens is 298 g/mol. The smallest absolute Gasteiger partial charge is 0.172 e. The molecule has 1 aliphatic rings. The van der Waals surface area contributed by atoms with E-state index in [0.717, 1.165) is 29.5 Å². The van der Waals surface area contributed by atoms with E-state index in [1.54, 1.807) is 0 Å². The summed E-state index contributed by atoms with van der Waals surface area (Å²) in [5.74, 6) is 0.0753. The molecule has 1 aromatic rings. The molecule has 1 atom stereocenters. The third-order valence-electron chi connectivity index (χ3n) is 3.08. The van der Waals surface area contributed by atoms with Crippen LogP contribution in [-0.2, 0) is 0 Å². The van der Waals surface area contributed by atoms with Crippen LogP contribution in [0.5, 0.6) is 0 Å². The molecule has 1 saturated heterocycles. The summed E-state index contributed by atoms with van der Waals surface area (Å²) < 4.78 is 0.866. The number of piperidine rings is 1. The number of aliphatic hydroxyl groups excluding tert-OH is 1. The number of nitrogens with two attached hydrogens (primary N) is 1. The summed E-state index contributed by atoms with van der Waals surface area (Å²) in [5, 5.41) is 21.6. The maximum atomic E-state index is 9.72. The zero-order valence-corrected chi connectivity index (χ0v) is 11.5. The molecule has 1 fully saturated rings. The van der Waals surface area contributed by atoms with Gasteiger partial charge < -0.3 is 20.9 Å². The van der Waals surface area contributed by atoms with Gasteiger partial charge in [0.05, 0.1) is 6.10 Å². The third-order valence-corrected chi connectivity index (χ3v) is 3.57. The summed E-state index contributed by atoms with van der Waals surface area (Å²) in [6.07, 6.45) is 1.45. The van der Waals surface area contributed by atoms with Gasteiger partial charge in [-0.15, -0.1) is 0 Å². The van der Waals surface area contributed by atoms with Crippen LogP contribution in [0.25, 0.3) is 0 Å². The molecule has 0 saturated carbocycles. The average Bonchev–Trinajstić information content (AvgIpc) is 2.37. The van der Waals surface area contributed by atoms with Crippen LogP contribution < -0.4 is 10.6 Å². The number of oxime groups is 1. The predicted octanol–water partition coefficient (Wildman–Crippen LogP) is 1.50. The molecule has 1 heterocycles. The molecule has 1 aliphatic heterocycles. The Hall–Kier alpha value is -1.27. The van der Waals surface area contributed by atoms with Crippen molar-refractivity contribution in [3.05, 3.63) is 28.2 Å². The number of halogens is 1. The number of amidine groups is 1. The van der Waals surface area contributed by atoms with E-state index in [0.29, 0.717) is 12.1 Å². The van der Waals surface area contributed by atoms with Crippen molar-refractivity contribution in [1.82, 2.24) is 0 Å². The van der Waals surface area contributed by atoms with E-state index >= 15 is 0 Å². The van der Waals surface area contributed by atoms with Crippen molar-refractivity contribution in [3.8, 4) is 0 Å². The van der Waals surface area contributed by atoms with E-state index < -0.39 is 0 Å². The molecule has 0 spiro atoms. The van der Waals surface area contributed by atoms with Crippen molar-refractivity contribution >= 4 is 27.5 Å². The van der Waals surface area contributed by atoms with Gasteiger partial charge in [-0.2, -0.15) is 0 Å². The lowest BCUT2D eigenvalue weighted by Gasteiger charge is -2.33. The normalized spacial score (nSPS) is 21.1. The summed E-state index contributed by atoms with van der Waals surface area (Å²) in [6, 6.07) is 5.63. The Kier molecular flexibility index (Phi) is 4.08. The molecule has 0 radical (unpaired) electrons. The van der Waals surface area contributed by atoms with Gasteiger partial charge in [0.25, 0.3) is 0 Å². The lowest BCUT2D eigenvalue weighted by Crippen LogP contribution is -2.39. The van der Waals surface area contributed by atoms with E-state index in [4.69, 9.17) is 10.9 Å². The first-order valence-electron chi connectivity index (χ1n) is 5.82. The number of nitrogens with zero attached hydrogens (tertiary/aromatic N) is 2. The minimum absolute atomic E-state index is 0.0753. The van der Waals surface area contributed by atoms with Crippen LogP contribution in [0.3, 0.4) is 0 Å². The van der Waals surface area contributed by atoms with Crippen LogP contribution in [0, 0.1) is 0 Å². The lowest BCUT2D eigenvalue weighted by atomic mass is 10.0. The van der Waals surface area contributed by atoms with Gasteiger partial charge in [-0.3, -0.25) is 0 Å². The number of hydrogen-bond donors (Lipinski definition) is 3. The molecule has 0 bridgehead atoms. The molecule has 98 valence electrons. The van der Waals surface area contributed by atoms with E-state index in [-0.39, 0.29) is 11.9 Å². The molecule has 5 nitrogen and oxygen atoms in total. The van der Waals surface area contributed by atoms with Crippen molar-refractivity contribution < 1.29 is 10.3 Å². The summed E-state index contributed by atoms with van der Waals surface area (Å²) in [5.41, 5.74) is 7.24. The van der Waals surface area contributed by atoms with E-state index in [1.807, 2.05) is 18.2 Å². The van der Waals surface area contributed by atoms with Crippen LogP contribution in [0.2, 0.25) is 0 Å². The summed E-state index contributed by atoms with van der Waals surface area (Å²) in [7, 11) is 0. The minimum Gasteiger partial charge on any atom is -0.409 e. The van der Waals surface area contributed by atoms with Crippen LogP contribution >= 0.6 is 15.9 Å². The maximum Gasteiger partial charge on any atom is 0.172 e. The Labute approximate surface area is 114 Å². The Bertz CT molecular complexity index is 465. The van der Waals surface area contributed by atoms with Crippen LogP contribution in [0.15, 0.2) is 27.8 Å². The minimum atomic E-state index is -0.317. The van der Waals surface area contributed by atoms with E-state index in [2.05, 4.69) is 26.0 Å². The Balaban J connectivity index is 2.37. The first kappa shape index (κ1) is 13.2. The molecular formula is C12H16BrN3O2. The van der Waals surface area contributed by atoms with Gasteiger partial charge in [-0.1, -0.05) is 21.1 Å². The van der Waals surface area contributed by atoms with E-state index in [9.17, 15) is 5.11 Å². The molecule has 1 aromatic carbocycles. The topological polar surface area (TPSA) is 82.1 Å². The van der Waals surface area contributed by atoms with Crippen molar-refractivity contribution in [3.63, 3.8) is 0 Å². The zero-order chi connectivity index (χ0) is 13.1. The number of rotatable bonds is 2. The number of benzene rings is 1. The summed E-state index contributed by atoms with van der Waals surface area (Å²) >= 11 is 3.37. The SMILES string of the molecule is N/C(=N/O)c1cc(Br)ccc1N1CCCC(O)C1. The molecule has 0 aromatic heterocycles. The molecule has 0 aliphatic carbocycles. The molecule has 0 amide bonds. The fourth-order valence-electron chi connectivity index (χ4n) is 2.22. The molecule has 1 unspecified atom stereocenters. The lowest BCUT2D eigenvalue weighted by molar-refractivity contribution is 0.154. The fourth-order valence-corrected chi connectivity index (χ4v) is 2.58. The molecule has 18 heavy (non-hydrogen) atoms. The van der Waals surface area contributed by atoms with Crippen molar-refractivity contribution in [2.24, 2.45) is 10.9 Å². The Morgan fingerprint density at radius 1 is 1.50 bits per heavy atom. The van der Waals surface area contributed by atoms with Gasteiger partial charge in [-0.25, -0.2) is 0 Å². The molecule has 6 heteroatoms. The second-order valence-corrected chi connectivity index (χ2v) is 5.30. The quantitative estimate of drug-likeness (QED) is 0.334. The van der Waals surface area contributed by atoms with Gasteiger partial charge in [0.1, 0.15) is 0 Å². The van der Waals surface area contributed by atoms with Gasteiger partial charge in [0, 0.05) is 28.8 Å². The highest BCUT2D eigenvalue weighted by Gasteiger charge is 2.21. The average molecular weight is 314 g/mol. The summed E-state index contributed by atoms with van der Waals surface area (Å²) in [4.78, 5) is 2.06. The van der Waals surface area contributed by atoms with Gasteiger partial charge >= 0.3 is 0 Å². The fraction of sp³-hybridized carbons (Fsp3) is 0.417. The number of anilines is 1. The van der Waals surface area contributed by atoms with Crippen molar-refractivity contribution in [2.75, 3.05) is 18.0 Å². The van der Waals surface area contributed by atoms with Gasteiger partial charge in [-0.05, 0) is 31.0 Å². The largest absolute Gasteiger partial charge is 0.409 e. The van der Waals surface area contributed by atoms with Crippen LogP contribution in [-0.4, -0.2) is 35.3 Å². The van der Waals surface area contributed by atoms with Crippen LogP contribution in [0.1, 0.15) is 18.4 Å². The standard InChI is InChI=1S/C12H16BrN3O2/c13-8-3-4-11(10(6-8)12(14)15-18)16-5-1-2-9(17)7-16/h3-4,6,9,17-18H,1-2,5,7H2,(H2,14,15). The highest BCUT2D eigenvalue weighted by molar-refractivity contribution is 9.10. The zero-order valence-electron chi connectivity index (χ0n) is 9.88. The first-order chi connectivity index (χ1) is 8.61. The second-order valence-electron chi connectivity index (χ2n) is 4.39. The van der Waals surface area contributed by atoms with Crippen LogP contribution in [0.4, 0.5) is 5.69 Å². The monoisotopic (exact) mass is 313 g/mol. The predicted molar refractivity (Wildman–Crippen MR) is 74.1 cm³/mol. The summed E-state index contributed by atoms with van der Waals surface area (Å²) in [6.45, 7) is 1.44. The van der Waals surface area contributed by atoms with Gasteiger partial charge in [0.15, 0.2) is 5.84 Å². The van der Waals surface area contributed by atoms with Gasteiger partial charge in [0.2, 0.25) is 0 Å². The highest BCUT2D eigenvalue weighted by Crippen LogP contribution is 2.27. The number of aliphatic hydroxyl groups is 1. The number of β-amino-alcohol motifs (C(OH)–C–C–N with tert-alkyl or cyclic N) is 1.